The molecule has 0 atom stereocenters. The Morgan fingerprint density at radius 2 is 1.77 bits per heavy atom. The third-order valence-corrected chi connectivity index (χ3v) is 7.99. The zero-order valence-corrected chi connectivity index (χ0v) is 23.7. The van der Waals surface area contributed by atoms with Gasteiger partial charge in [0.1, 0.15) is 17.3 Å². The molecule has 2 aromatic heterocycles. The summed E-state index contributed by atoms with van der Waals surface area (Å²) in [4.78, 5) is 16.5. The first-order valence-electron chi connectivity index (χ1n) is 12.6. The number of amides is 1. The summed E-state index contributed by atoms with van der Waals surface area (Å²) >= 11 is 0. The van der Waals surface area contributed by atoms with E-state index in [1.165, 1.54) is 0 Å². The summed E-state index contributed by atoms with van der Waals surface area (Å²) in [5.74, 6) is 1.56. The van der Waals surface area contributed by atoms with Crippen LogP contribution >= 0.6 is 0 Å². The van der Waals surface area contributed by atoms with Gasteiger partial charge in [-0.3, -0.25) is 9.52 Å². The predicted molar refractivity (Wildman–Crippen MR) is 151 cm³/mol. The molecule has 39 heavy (non-hydrogen) atoms. The van der Waals surface area contributed by atoms with Crippen LogP contribution in [0.5, 0.6) is 11.5 Å². The summed E-state index contributed by atoms with van der Waals surface area (Å²) in [6, 6.07) is 8.90. The normalized spacial score (nSPS) is 11.6. The zero-order chi connectivity index (χ0) is 28.3. The number of hydrogen-bond donors (Lipinski definition) is 2. The van der Waals surface area contributed by atoms with Crippen molar-refractivity contribution in [2.75, 3.05) is 10.0 Å². The van der Waals surface area contributed by atoms with Crippen molar-refractivity contribution >= 4 is 27.3 Å². The SMILES string of the molecule is Cc1cc(NC(=O)CCn2ccnc2)cc(C)c1Oc1cc(NS(=O)(=O)C(C)C)cc(-c2c(C)noc2C)c1. The van der Waals surface area contributed by atoms with E-state index in [0.29, 0.717) is 52.9 Å². The Labute approximate surface area is 228 Å². The number of benzene rings is 2. The van der Waals surface area contributed by atoms with E-state index in [0.717, 1.165) is 16.7 Å². The van der Waals surface area contributed by atoms with Gasteiger partial charge in [0.15, 0.2) is 0 Å². The molecule has 4 aromatic rings. The molecule has 0 aliphatic rings. The molecule has 4 rings (SSSR count). The maximum Gasteiger partial charge on any atom is 0.235 e. The van der Waals surface area contributed by atoms with Crippen LogP contribution in [0.1, 0.15) is 42.8 Å². The third kappa shape index (κ3) is 6.66. The van der Waals surface area contributed by atoms with E-state index in [9.17, 15) is 13.2 Å². The molecule has 0 unspecified atom stereocenters. The van der Waals surface area contributed by atoms with Crippen LogP contribution in [0.25, 0.3) is 11.1 Å². The van der Waals surface area contributed by atoms with E-state index in [1.807, 2.05) is 49.7 Å². The summed E-state index contributed by atoms with van der Waals surface area (Å²) in [5, 5.41) is 6.36. The Balaban J connectivity index is 1.61. The second-order valence-corrected chi connectivity index (χ2v) is 12.0. The minimum atomic E-state index is -3.59. The fourth-order valence-corrected chi connectivity index (χ4v) is 4.89. The quantitative estimate of drug-likeness (QED) is 0.257. The van der Waals surface area contributed by atoms with Gasteiger partial charge in [-0.25, -0.2) is 13.4 Å². The van der Waals surface area contributed by atoms with Crippen LogP contribution in [0.4, 0.5) is 11.4 Å². The van der Waals surface area contributed by atoms with Crippen LogP contribution in [0, 0.1) is 27.7 Å². The largest absolute Gasteiger partial charge is 0.457 e. The molecule has 11 heteroatoms. The molecule has 0 radical (unpaired) electrons. The van der Waals surface area contributed by atoms with Crippen molar-refractivity contribution < 1.29 is 22.5 Å². The second kappa shape index (κ2) is 11.3. The van der Waals surface area contributed by atoms with Crippen LogP contribution in [0.3, 0.4) is 0 Å². The van der Waals surface area contributed by atoms with Crippen LogP contribution in [0.2, 0.25) is 0 Å². The topological polar surface area (TPSA) is 128 Å². The maximum absolute atomic E-state index is 12.6. The number of ether oxygens (including phenoxy) is 1. The number of nitrogens with zero attached hydrogens (tertiary/aromatic N) is 3. The van der Waals surface area contributed by atoms with E-state index in [1.54, 1.807) is 45.4 Å². The van der Waals surface area contributed by atoms with Crippen molar-refractivity contribution in [3.05, 3.63) is 71.6 Å². The van der Waals surface area contributed by atoms with Crippen LogP contribution in [-0.4, -0.2) is 34.3 Å². The lowest BCUT2D eigenvalue weighted by Gasteiger charge is -2.17. The van der Waals surface area contributed by atoms with Gasteiger partial charge >= 0.3 is 0 Å². The van der Waals surface area contributed by atoms with Gasteiger partial charge in [-0.15, -0.1) is 0 Å². The van der Waals surface area contributed by atoms with Gasteiger partial charge in [0, 0.05) is 42.7 Å². The number of nitrogens with one attached hydrogen (secondary N) is 2. The van der Waals surface area contributed by atoms with E-state index >= 15 is 0 Å². The fraction of sp³-hybridized carbons (Fsp3) is 0.321. The molecule has 0 aliphatic carbocycles. The van der Waals surface area contributed by atoms with Crippen LogP contribution < -0.4 is 14.8 Å². The number of imidazole rings is 1. The molecule has 10 nitrogen and oxygen atoms in total. The third-order valence-electron chi connectivity index (χ3n) is 6.23. The minimum Gasteiger partial charge on any atom is -0.457 e. The number of sulfonamides is 1. The maximum atomic E-state index is 12.6. The highest BCUT2D eigenvalue weighted by Gasteiger charge is 2.20. The lowest BCUT2D eigenvalue weighted by Crippen LogP contribution is -2.22. The molecule has 0 saturated carbocycles. The summed E-state index contributed by atoms with van der Waals surface area (Å²) in [5.41, 5.74) is 4.83. The first-order chi connectivity index (χ1) is 18.4. The van der Waals surface area contributed by atoms with Crippen molar-refractivity contribution in [2.24, 2.45) is 0 Å². The highest BCUT2D eigenvalue weighted by Crippen LogP contribution is 2.37. The van der Waals surface area contributed by atoms with Crippen molar-refractivity contribution in [3.8, 4) is 22.6 Å². The molecule has 0 spiro atoms. The molecule has 2 aromatic carbocycles. The van der Waals surface area contributed by atoms with Gasteiger partial charge in [0.25, 0.3) is 0 Å². The Morgan fingerprint density at radius 3 is 2.36 bits per heavy atom. The molecular weight excluding hydrogens is 518 g/mol. The Kier molecular flexibility index (Phi) is 8.10. The molecule has 2 N–H and O–H groups in total. The standard InChI is InChI=1S/C28H33N5O5S/c1-17(2)39(35,36)32-24-13-22(27-20(5)31-38-21(27)6)14-25(15-24)37-28-18(3)11-23(12-19(28)4)30-26(34)7-9-33-10-8-29-16-33/h8,10-17,32H,7,9H2,1-6H3,(H,30,34). The first-order valence-corrected chi connectivity index (χ1v) is 14.1. The first kappa shape index (κ1) is 27.9. The molecule has 1 amide bonds. The average Bonchev–Trinajstić information content (AvgIpc) is 3.49. The van der Waals surface area contributed by atoms with E-state index in [-0.39, 0.29) is 5.91 Å². The highest BCUT2D eigenvalue weighted by molar-refractivity contribution is 7.93. The van der Waals surface area contributed by atoms with Gasteiger partial charge < -0.3 is 19.1 Å². The Hall–Kier alpha value is -4.12. The van der Waals surface area contributed by atoms with E-state index < -0.39 is 15.3 Å². The van der Waals surface area contributed by atoms with E-state index in [4.69, 9.17) is 9.26 Å². The molecule has 206 valence electrons. The molecule has 0 bridgehead atoms. The summed E-state index contributed by atoms with van der Waals surface area (Å²) in [7, 11) is -3.59. The second-order valence-electron chi connectivity index (χ2n) is 9.78. The van der Waals surface area contributed by atoms with Crippen molar-refractivity contribution in [1.29, 1.82) is 0 Å². The molecule has 0 aliphatic heterocycles. The minimum absolute atomic E-state index is 0.106. The fourth-order valence-electron chi connectivity index (χ4n) is 4.21. The van der Waals surface area contributed by atoms with Crippen LogP contribution in [-0.2, 0) is 21.4 Å². The zero-order valence-electron chi connectivity index (χ0n) is 22.9. The predicted octanol–water partition coefficient (Wildman–Crippen LogP) is 5.74. The number of aryl methyl sites for hydroxylation is 5. The number of hydrogen-bond acceptors (Lipinski definition) is 7. The lowest BCUT2D eigenvalue weighted by molar-refractivity contribution is -0.116. The number of carbonyl (C=O) groups is 1. The van der Waals surface area contributed by atoms with E-state index in [2.05, 4.69) is 20.2 Å². The average molecular weight is 552 g/mol. The Bertz CT molecular complexity index is 1550. The molecule has 2 heterocycles. The number of carbonyl (C=O) groups excluding carboxylic acids is 1. The number of aromatic nitrogens is 3. The smallest absolute Gasteiger partial charge is 0.235 e. The number of anilines is 2. The summed E-state index contributed by atoms with van der Waals surface area (Å²) in [6.07, 6.45) is 5.48. The van der Waals surface area contributed by atoms with Crippen molar-refractivity contribution in [1.82, 2.24) is 14.7 Å². The Morgan fingerprint density at radius 1 is 1.05 bits per heavy atom. The highest BCUT2D eigenvalue weighted by atomic mass is 32.2. The van der Waals surface area contributed by atoms with Crippen LogP contribution in [0.15, 0.2) is 53.6 Å². The summed E-state index contributed by atoms with van der Waals surface area (Å²) in [6.45, 7) is 11.2. The van der Waals surface area contributed by atoms with Gasteiger partial charge in [0.05, 0.1) is 23.0 Å². The molecule has 0 saturated heterocycles. The van der Waals surface area contributed by atoms with Crippen molar-refractivity contribution in [2.45, 2.75) is 59.8 Å². The van der Waals surface area contributed by atoms with Gasteiger partial charge in [-0.05, 0) is 82.5 Å². The van der Waals surface area contributed by atoms with Gasteiger partial charge in [-0.2, -0.15) is 0 Å². The van der Waals surface area contributed by atoms with Gasteiger partial charge in [0.2, 0.25) is 15.9 Å². The molecular formula is C28H33N5O5S. The molecule has 0 fully saturated rings. The lowest BCUT2D eigenvalue weighted by atomic mass is 10.0. The summed E-state index contributed by atoms with van der Waals surface area (Å²) < 4.78 is 41.4. The number of rotatable bonds is 10. The monoisotopic (exact) mass is 551 g/mol. The van der Waals surface area contributed by atoms with Crippen molar-refractivity contribution in [3.63, 3.8) is 0 Å². The van der Waals surface area contributed by atoms with Gasteiger partial charge in [-0.1, -0.05) is 5.16 Å².